The molecular weight excluding hydrogens is 336 g/mol. The van der Waals surface area contributed by atoms with Crippen molar-refractivity contribution >= 4 is 28.0 Å². The van der Waals surface area contributed by atoms with Gasteiger partial charge < -0.3 is 19.9 Å². The van der Waals surface area contributed by atoms with Crippen LogP contribution in [0.2, 0.25) is 0 Å². The molecule has 0 unspecified atom stereocenters. The van der Waals surface area contributed by atoms with Crippen LogP contribution in [0, 0.1) is 6.92 Å². The Balaban J connectivity index is 1.58. The molecule has 5 heteroatoms. The number of piperazine rings is 1. The summed E-state index contributed by atoms with van der Waals surface area (Å²) < 4.78 is 5.39. The smallest absolute Gasteiger partial charge is 0.119 e. The Kier molecular flexibility index (Phi) is 4.86. The molecule has 140 valence electrons. The van der Waals surface area contributed by atoms with Crippen LogP contribution in [0.15, 0.2) is 48.5 Å². The van der Waals surface area contributed by atoms with Crippen molar-refractivity contribution < 1.29 is 9.64 Å². The van der Waals surface area contributed by atoms with Crippen molar-refractivity contribution in [1.82, 2.24) is 4.98 Å². The SMILES string of the molecule is COc1ccc2nc(C)cc(Nc3ccc(N4CC[NH+](C)CC4)cc3)c2c1. The fourth-order valence-electron chi connectivity index (χ4n) is 3.63. The Bertz CT molecular complexity index is 931. The molecule has 27 heavy (non-hydrogen) atoms. The lowest BCUT2D eigenvalue weighted by Gasteiger charge is -2.31. The Hall–Kier alpha value is -2.79. The predicted molar refractivity (Wildman–Crippen MR) is 112 cm³/mol. The number of likely N-dealkylation sites (N-methyl/N-ethyl adjacent to an activating group) is 1. The minimum atomic E-state index is 0.837. The molecule has 2 N–H and O–H groups in total. The number of aryl methyl sites for hydroxylation is 1. The number of rotatable bonds is 4. The Morgan fingerprint density at radius 3 is 2.48 bits per heavy atom. The first-order valence-corrected chi connectivity index (χ1v) is 9.51. The lowest BCUT2D eigenvalue weighted by Crippen LogP contribution is -3.12. The molecule has 1 aromatic heterocycles. The van der Waals surface area contributed by atoms with Crippen LogP contribution in [0.25, 0.3) is 10.9 Å². The first-order valence-electron chi connectivity index (χ1n) is 9.51. The molecule has 0 spiro atoms. The number of anilines is 3. The van der Waals surface area contributed by atoms with E-state index in [-0.39, 0.29) is 0 Å². The number of aromatic nitrogens is 1. The van der Waals surface area contributed by atoms with Gasteiger partial charge in [0.05, 0.1) is 45.9 Å². The minimum Gasteiger partial charge on any atom is -0.497 e. The molecular formula is C22H27N4O+. The lowest BCUT2D eigenvalue weighted by atomic mass is 10.1. The lowest BCUT2D eigenvalue weighted by molar-refractivity contribution is -0.880. The Labute approximate surface area is 160 Å². The average molecular weight is 363 g/mol. The third-order valence-corrected chi connectivity index (χ3v) is 5.27. The largest absolute Gasteiger partial charge is 0.497 e. The molecule has 0 saturated carbocycles. The van der Waals surface area contributed by atoms with E-state index >= 15 is 0 Å². The Morgan fingerprint density at radius 2 is 1.78 bits per heavy atom. The summed E-state index contributed by atoms with van der Waals surface area (Å²) in [5.41, 5.74) is 5.38. The number of nitrogens with zero attached hydrogens (tertiary/aromatic N) is 2. The highest BCUT2D eigenvalue weighted by atomic mass is 16.5. The van der Waals surface area contributed by atoms with Gasteiger partial charge in [-0.05, 0) is 55.5 Å². The monoisotopic (exact) mass is 363 g/mol. The van der Waals surface area contributed by atoms with Crippen molar-refractivity contribution in [3.8, 4) is 5.75 Å². The van der Waals surface area contributed by atoms with Crippen LogP contribution in [0.5, 0.6) is 5.75 Å². The average Bonchev–Trinajstić information content (AvgIpc) is 2.69. The number of nitrogens with one attached hydrogen (secondary N) is 2. The summed E-state index contributed by atoms with van der Waals surface area (Å²) in [7, 11) is 3.95. The highest BCUT2D eigenvalue weighted by Crippen LogP contribution is 2.30. The van der Waals surface area contributed by atoms with E-state index in [1.54, 1.807) is 12.0 Å². The summed E-state index contributed by atoms with van der Waals surface area (Å²) >= 11 is 0. The van der Waals surface area contributed by atoms with E-state index in [1.165, 1.54) is 18.8 Å². The number of hydrogen-bond acceptors (Lipinski definition) is 4. The molecule has 0 atom stereocenters. The summed E-state index contributed by atoms with van der Waals surface area (Å²) in [5.74, 6) is 0.837. The number of methoxy groups -OCH3 is 1. The first kappa shape index (κ1) is 17.6. The third kappa shape index (κ3) is 3.83. The van der Waals surface area contributed by atoms with Crippen molar-refractivity contribution in [3.63, 3.8) is 0 Å². The van der Waals surface area contributed by atoms with E-state index in [2.05, 4.69) is 52.6 Å². The molecule has 1 saturated heterocycles. The molecule has 2 aromatic carbocycles. The molecule has 3 aromatic rings. The van der Waals surface area contributed by atoms with Crippen LogP contribution in [-0.2, 0) is 0 Å². The maximum absolute atomic E-state index is 5.39. The van der Waals surface area contributed by atoms with E-state index in [9.17, 15) is 0 Å². The van der Waals surface area contributed by atoms with Gasteiger partial charge in [-0.1, -0.05) is 0 Å². The molecule has 1 fully saturated rings. The highest BCUT2D eigenvalue weighted by Gasteiger charge is 2.16. The van der Waals surface area contributed by atoms with Crippen molar-refractivity contribution in [1.29, 1.82) is 0 Å². The van der Waals surface area contributed by atoms with Crippen LogP contribution in [0.3, 0.4) is 0 Å². The number of hydrogen-bond donors (Lipinski definition) is 2. The standard InChI is InChI=1S/C22H26N4O/c1-16-14-22(20-15-19(27-3)8-9-21(20)23-16)24-17-4-6-18(7-5-17)26-12-10-25(2)11-13-26/h4-9,14-15H,10-13H2,1-3H3,(H,23,24)/p+1. The van der Waals surface area contributed by atoms with Crippen LogP contribution in [-0.4, -0.2) is 45.3 Å². The van der Waals surface area contributed by atoms with Gasteiger partial charge in [0.15, 0.2) is 0 Å². The molecule has 1 aliphatic heterocycles. The summed E-state index contributed by atoms with van der Waals surface area (Å²) in [6, 6.07) is 16.8. The van der Waals surface area contributed by atoms with Gasteiger partial charge in [-0.3, -0.25) is 4.98 Å². The second-order valence-electron chi connectivity index (χ2n) is 7.31. The molecule has 0 aliphatic carbocycles. The Morgan fingerprint density at radius 1 is 1.04 bits per heavy atom. The van der Waals surface area contributed by atoms with Crippen molar-refractivity contribution in [2.24, 2.45) is 0 Å². The van der Waals surface area contributed by atoms with Gasteiger partial charge in [-0.25, -0.2) is 0 Å². The molecule has 1 aliphatic rings. The van der Waals surface area contributed by atoms with Crippen molar-refractivity contribution in [2.75, 3.05) is 50.6 Å². The van der Waals surface area contributed by atoms with Gasteiger partial charge in [0.25, 0.3) is 0 Å². The van der Waals surface area contributed by atoms with E-state index in [0.29, 0.717) is 0 Å². The zero-order valence-electron chi connectivity index (χ0n) is 16.2. The zero-order chi connectivity index (χ0) is 18.8. The van der Waals surface area contributed by atoms with E-state index in [0.717, 1.165) is 46.8 Å². The van der Waals surface area contributed by atoms with Gasteiger partial charge in [-0.15, -0.1) is 0 Å². The maximum Gasteiger partial charge on any atom is 0.119 e. The maximum atomic E-state index is 5.39. The van der Waals surface area contributed by atoms with Crippen molar-refractivity contribution in [2.45, 2.75) is 6.92 Å². The normalized spacial score (nSPS) is 15.1. The third-order valence-electron chi connectivity index (χ3n) is 5.27. The van der Waals surface area contributed by atoms with Crippen LogP contribution in [0.1, 0.15) is 5.69 Å². The number of benzene rings is 2. The molecule has 4 rings (SSSR count). The minimum absolute atomic E-state index is 0.837. The van der Waals surface area contributed by atoms with Crippen molar-refractivity contribution in [3.05, 3.63) is 54.2 Å². The fourth-order valence-corrected chi connectivity index (χ4v) is 3.63. The molecule has 0 radical (unpaired) electrons. The first-order chi connectivity index (χ1) is 13.1. The summed E-state index contributed by atoms with van der Waals surface area (Å²) in [6.07, 6.45) is 0. The second-order valence-corrected chi connectivity index (χ2v) is 7.31. The van der Waals surface area contributed by atoms with Gasteiger partial charge in [0.1, 0.15) is 5.75 Å². The summed E-state index contributed by atoms with van der Waals surface area (Å²) in [6.45, 7) is 6.65. The van der Waals surface area contributed by atoms with Gasteiger partial charge in [-0.2, -0.15) is 0 Å². The van der Waals surface area contributed by atoms with Crippen LogP contribution in [0.4, 0.5) is 17.1 Å². The van der Waals surface area contributed by atoms with Gasteiger partial charge >= 0.3 is 0 Å². The summed E-state index contributed by atoms with van der Waals surface area (Å²) in [4.78, 5) is 8.71. The topological polar surface area (TPSA) is 41.8 Å². The summed E-state index contributed by atoms with van der Waals surface area (Å²) in [5, 5.41) is 4.62. The molecule has 0 bridgehead atoms. The number of ether oxygens (including phenoxy) is 1. The molecule has 2 heterocycles. The van der Waals surface area contributed by atoms with Crippen LogP contribution >= 0.6 is 0 Å². The second kappa shape index (κ2) is 7.45. The number of pyridine rings is 1. The van der Waals surface area contributed by atoms with E-state index < -0.39 is 0 Å². The number of fused-ring (bicyclic) bond motifs is 1. The van der Waals surface area contributed by atoms with Crippen LogP contribution < -0.4 is 19.9 Å². The molecule has 5 nitrogen and oxygen atoms in total. The number of quaternary nitrogens is 1. The molecule has 0 amide bonds. The quantitative estimate of drug-likeness (QED) is 0.748. The highest BCUT2D eigenvalue weighted by molar-refractivity contribution is 5.94. The zero-order valence-corrected chi connectivity index (χ0v) is 16.2. The van der Waals surface area contributed by atoms with E-state index in [4.69, 9.17) is 4.74 Å². The van der Waals surface area contributed by atoms with E-state index in [1.807, 2.05) is 25.1 Å². The van der Waals surface area contributed by atoms with Gasteiger partial charge in [0.2, 0.25) is 0 Å². The predicted octanol–water partition coefficient (Wildman–Crippen LogP) is 2.63. The fraction of sp³-hybridized carbons (Fsp3) is 0.318. The van der Waals surface area contributed by atoms with Gasteiger partial charge in [0, 0.05) is 28.1 Å².